The Morgan fingerprint density at radius 2 is 1.81 bits per heavy atom. The second kappa shape index (κ2) is 5.56. The van der Waals surface area contributed by atoms with Crippen LogP contribution in [0, 0.1) is 11.8 Å². The molecule has 102 valence electrons. The molecule has 1 aromatic heterocycles. The van der Waals surface area contributed by atoms with Crippen LogP contribution < -0.4 is 0 Å². The van der Waals surface area contributed by atoms with E-state index >= 15 is 0 Å². The molecular formula is C18H13NO2. The molecule has 0 amide bonds. The molecule has 0 unspecified atom stereocenters. The molecule has 2 aromatic carbocycles. The Morgan fingerprint density at radius 1 is 1.05 bits per heavy atom. The minimum Gasteiger partial charge on any atom is -0.465 e. The molecule has 0 saturated carbocycles. The van der Waals surface area contributed by atoms with Gasteiger partial charge in [0.15, 0.2) is 0 Å². The van der Waals surface area contributed by atoms with E-state index in [1.54, 1.807) is 12.3 Å². The third-order valence-electron chi connectivity index (χ3n) is 3.20. The quantitative estimate of drug-likeness (QED) is 0.546. The zero-order valence-corrected chi connectivity index (χ0v) is 11.5. The summed E-state index contributed by atoms with van der Waals surface area (Å²) in [5, 5.41) is 0.840. The number of H-pyrrole nitrogens is 1. The lowest BCUT2D eigenvalue weighted by Gasteiger charge is -2.02. The van der Waals surface area contributed by atoms with Crippen molar-refractivity contribution >= 4 is 16.9 Å². The lowest BCUT2D eigenvalue weighted by Crippen LogP contribution is -2.02. The minimum absolute atomic E-state index is 0.358. The molecule has 0 fully saturated rings. The van der Waals surface area contributed by atoms with Crippen LogP contribution in [0.1, 0.15) is 21.5 Å². The maximum atomic E-state index is 11.9. The number of esters is 1. The van der Waals surface area contributed by atoms with Gasteiger partial charge in [-0.25, -0.2) is 4.79 Å². The maximum Gasteiger partial charge on any atom is 0.338 e. The normalized spacial score (nSPS) is 9.95. The Bertz CT molecular complexity index is 851. The van der Waals surface area contributed by atoms with Crippen molar-refractivity contribution in [2.24, 2.45) is 0 Å². The van der Waals surface area contributed by atoms with Gasteiger partial charge in [-0.1, -0.05) is 30.0 Å². The minimum atomic E-state index is -0.358. The first-order valence-corrected chi connectivity index (χ1v) is 6.54. The topological polar surface area (TPSA) is 42.1 Å². The number of aromatic nitrogens is 1. The van der Waals surface area contributed by atoms with E-state index in [0.29, 0.717) is 5.56 Å². The van der Waals surface area contributed by atoms with E-state index in [4.69, 9.17) is 4.74 Å². The number of fused-ring (bicyclic) bond motifs is 1. The van der Waals surface area contributed by atoms with Crippen molar-refractivity contribution in [3.8, 4) is 11.8 Å². The van der Waals surface area contributed by atoms with Crippen LogP contribution in [0.4, 0.5) is 0 Å². The molecule has 0 saturated heterocycles. The predicted molar refractivity (Wildman–Crippen MR) is 82.1 cm³/mol. The predicted octanol–water partition coefficient (Wildman–Crippen LogP) is 3.35. The molecule has 21 heavy (non-hydrogen) atoms. The molecule has 0 aliphatic heterocycles. The van der Waals surface area contributed by atoms with Gasteiger partial charge in [0, 0.05) is 28.2 Å². The summed E-state index contributed by atoms with van der Waals surface area (Å²) in [6, 6.07) is 15.3. The molecular weight excluding hydrogens is 262 g/mol. The van der Waals surface area contributed by atoms with Gasteiger partial charge in [0.25, 0.3) is 0 Å². The molecule has 0 aliphatic carbocycles. The van der Waals surface area contributed by atoms with E-state index in [0.717, 1.165) is 22.0 Å². The summed E-state index contributed by atoms with van der Waals surface area (Å²) in [6.45, 7) is 0. The van der Waals surface area contributed by atoms with Crippen LogP contribution in [0.2, 0.25) is 0 Å². The fourth-order valence-electron chi connectivity index (χ4n) is 2.18. The molecule has 3 rings (SSSR count). The summed E-state index contributed by atoms with van der Waals surface area (Å²) < 4.78 is 4.83. The number of hydrogen-bond acceptors (Lipinski definition) is 2. The van der Waals surface area contributed by atoms with Crippen molar-refractivity contribution in [3.63, 3.8) is 0 Å². The highest BCUT2D eigenvalue weighted by molar-refractivity contribution is 6.04. The summed E-state index contributed by atoms with van der Waals surface area (Å²) in [5.41, 5.74) is 3.10. The third-order valence-corrected chi connectivity index (χ3v) is 3.20. The van der Waals surface area contributed by atoms with Crippen LogP contribution >= 0.6 is 0 Å². The van der Waals surface area contributed by atoms with Crippen molar-refractivity contribution < 1.29 is 9.53 Å². The van der Waals surface area contributed by atoms with Crippen molar-refractivity contribution in [1.29, 1.82) is 0 Å². The van der Waals surface area contributed by atoms with Gasteiger partial charge in [-0.3, -0.25) is 0 Å². The maximum absolute atomic E-state index is 11.9. The van der Waals surface area contributed by atoms with Crippen molar-refractivity contribution in [2.45, 2.75) is 0 Å². The molecule has 3 nitrogen and oxygen atoms in total. The van der Waals surface area contributed by atoms with Crippen LogP contribution in [0.5, 0.6) is 0 Å². The van der Waals surface area contributed by atoms with Crippen LogP contribution in [0.15, 0.2) is 54.7 Å². The summed E-state index contributed by atoms with van der Waals surface area (Å²) in [7, 11) is 1.38. The SMILES string of the molecule is COC(=O)c1cc(C#Cc2ccccc2)cc2[nH]ccc12. The van der Waals surface area contributed by atoms with E-state index in [-0.39, 0.29) is 5.97 Å². The van der Waals surface area contributed by atoms with Gasteiger partial charge < -0.3 is 9.72 Å². The number of nitrogens with one attached hydrogen (secondary N) is 1. The summed E-state index contributed by atoms with van der Waals surface area (Å²) in [5.74, 6) is 5.81. The fourth-order valence-corrected chi connectivity index (χ4v) is 2.18. The van der Waals surface area contributed by atoms with Gasteiger partial charge in [0.1, 0.15) is 0 Å². The number of carbonyl (C=O) groups is 1. The molecule has 3 aromatic rings. The fraction of sp³-hybridized carbons (Fsp3) is 0.0556. The average Bonchev–Trinajstić information content (AvgIpc) is 3.00. The molecule has 1 N–H and O–H groups in total. The Hall–Kier alpha value is -2.99. The van der Waals surface area contributed by atoms with Gasteiger partial charge in [-0.05, 0) is 30.3 Å². The molecule has 0 spiro atoms. The van der Waals surface area contributed by atoms with E-state index < -0.39 is 0 Å². The number of ether oxygens (including phenoxy) is 1. The number of rotatable bonds is 1. The first-order valence-electron chi connectivity index (χ1n) is 6.54. The Labute approximate surface area is 122 Å². The van der Waals surface area contributed by atoms with Crippen LogP contribution in [-0.4, -0.2) is 18.1 Å². The summed E-state index contributed by atoms with van der Waals surface area (Å²) >= 11 is 0. The van der Waals surface area contributed by atoms with E-state index in [1.807, 2.05) is 42.5 Å². The Kier molecular flexibility index (Phi) is 3.44. The van der Waals surface area contributed by atoms with Gasteiger partial charge in [-0.15, -0.1) is 0 Å². The zero-order valence-electron chi connectivity index (χ0n) is 11.5. The monoisotopic (exact) mass is 275 g/mol. The van der Waals surface area contributed by atoms with E-state index in [2.05, 4.69) is 16.8 Å². The number of aromatic amines is 1. The van der Waals surface area contributed by atoms with Crippen LogP contribution in [0.25, 0.3) is 10.9 Å². The van der Waals surface area contributed by atoms with E-state index in [1.165, 1.54) is 7.11 Å². The molecule has 3 heteroatoms. The highest BCUT2D eigenvalue weighted by Gasteiger charge is 2.12. The second-order valence-corrected chi connectivity index (χ2v) is 4.57. The van der Waals surface area contributed by atoms with Gasteiger partial charge in [0.2, 0.25) is 0 Å². The molecule has 0 atom stereocenters. The largest absolute Gasteiger partial charge is 0.465 e. The number of methoxy groups -OCH3 is 1. The van der Waals surface area contributed by atoms with E-state index in [9.17, 15) is 4.79 Å². The first-order chi connectivity index (χ1) is 10.3. The van der Waals surface area contributed by atoms with Crippen molar-refractivity contribution in [3.05, 3.63) is 71.4 Å². The molecule has 0 radical (unpaired) electrons. The Balaban J connectivity index is 2.08. The third kappa shape index (κ3) is 2.65. The number of hydrogen-bond donors (Lipinski definition) is 1. The summed E-state index contributed by atoms with van der Waals surface area (Å²) in [4.78, 5) is 15.0. The lowest BCUT2D eigenvalue weighted by atomic mass is 10.1. The van der Waals surface area contributed by atoms with Gasteiger partial charge in [0.05, 0.1) is 12.7 Å². The average molecular weight is 275 g/mol. The Morgan fingerprint density at radius 3 is 2.57 bits per heavy atom. The molecule has 0 bridgehead atoms. The number of carbonyl (C=O) groups excluding carboxylic acids is 1. The second-order valence-electron chi connectivity index (χ2n) is 4.57. The van der Waals surface area contributed by atoms with Gasteiger partial charge >= 0.3 is 5.97 Å². The first kappa shape index (κ1) is 13.0. The van der Waals surface area contributed by atoms with Crippen molar-refractivity contribution in [1.82, 2.24) is 4.98 Å². The highest BCUT2D eigenvalue weighted by Crippen LogP contribution is 2.20. The molecule has 1 heterocycles. The molecule has 0 aliphatic rings. The van der Waals surface area contributed by atoms with Gasteiger partial charge in [-0.2, -0.15) is 0 Å². The zero-order chi connectivity index (χ0) is 14.7. The lowest BCUT2D eigenvalue weighted by molar-refractivity contribution is 0.0603. The van der Waals surface area contributed by atoms with Crippen molar-refractivity contribution in [2.75, 3.05) is 7.11 Å². The smallest absolute Gasteiger partial charge is 0.338 e. The number of benzene rings is 2. The summed E-state index contributed by atoms with van der Waals surface area (Å²) in [6.07, 6.45) is 1.80. The van der Waals surface area contributed by atoms with Crippen LogP contribution in [0.3, 0.4) is 0 Å². The van der Waals surface area contributed by atoms with Crippen LogP contribution in [-0.2, 0) is 4.74 Å². The highest BCUT2D eigenvalue weighted by atomic mass is 16.5. The standard InChI is InChI=1S/C18H13NO2/c1-21-18(20)16-11-14(12-17-15(16)9-10-19-17)8-7-13-5-3-2-4-6-13/h2-6,9-12,19H,1H3.